The fourth-order valence-electron chi connectivity index (χ4n) is 5.03. The molecule has 0 saturated carbocycles. The average molecular weight is 807 g/mol. The van der Waals surface area contributed by atoms with Gasteiger partial charge in [-0.1, -0.05) is 50.8 Å². The fourth-order valence-corrected chi connectivity index (χ4v) is 6.89. The molecule has 1 saturated heterocycles. The molecule has 3 atom stereocenters. The van der Waals surface area contributed by atoms with E-state index in [2.05, 4.69) is 56.0 Å². The Hall–Kier alpha value is -4.54. The number of ether oxygens (including phenoxy) is 4. The molecule has 1 aromatic heterocycles. The summed E-state index contributed by atoms with van der Waals surface area (Å²) < 4.78 is 69.1. The van der Waals surface area contributed by atoms with Crippen LogP contribution in [-0.4, -0.2) is 86.5 Å². The number of amides is 2. The Morgan fingerprint density at radius 3 is 2.47 bits per heavy atom. The Bertz CT molecular complexity index is 1950. The number of halogens is 3. The van der Waals surface area contributed by atoms with Crippen LogP contribution in [0.4, 0.5) is 19.0 Å². The number of phenols is 1. The summed E-state index contributed by atoms with van der Waals surface area (Å²) in [5.41, 5.74) is -0.00703. The maximum Gasteiger partial charge on any atom is 0.471 e. The number of nitrogens with one attached hydrogen (secondary N) is 2. The number of rotatable bonds is 14. The molecule has 13 nitrogen and oxygen atoms in total. The van der Waals surface area contributed by atoms with Crippen molar-refractivity contribution in [2.45, 2.75) is 75.7 Å². The van der Waals surface area contributed by atoms with E-state index in [1.165, 1.54) is 42.8 Å². The number of alkyl halides is 3. The minimum Gasteiger partial charge on any atom is -0.507 e. The molecular weight excluding hydrogens is 762 g/mol. The van der Waals surface area contributed by atoms with Crippen molar-refractivity contribution in [2.24, 2.45) is 0 Å². The molecule has 55 heavy (non-hydrogen) atoms. The first-order valence-electron chi connectivity index (χ1n) is 17.1. The van der Waals surface area contributed by atoms with Crippen LogP contribution in [0.15, 0.2) is 53.5 Å². The molecule has 1 unspecified atom stereocenters. The van der Waals surface area contributed by atoms with Crippen LogP contribution in [0, 0.1) is 11.8 Å². The van der Waals surface area contributed by atoms with Crippen molar-refractivity contribution in [2.75, 3.05) is 38.6 Å². The summed E-state index contributed by atoms with van der Waals surface area (Å²) in [5, 5.41) is 14.7. The van der Waals surface area contributed by atoms with Gasteiger partial charge >= 0.3 is 17.8 Å². The minimum atomic E-state index is -5.10. The van der Waals surface area contributed by atoms with Crippen molar-refractivity contribution in [3.05, 3.63) is 75.8 Å². The van der Waals surface area contributed by atoms with Gasteiger partial charge in [-0.05, 0) is 30.3 Å². The maximum absolute atomic E-state index is 13.5. The van der Waals surface area contributed by atoms with Gasteiger partial charge in [-0.25, -0.2) is 4.79 Å². The number of aromatic hydroxyl groups is 1. The Morgan fingerprint density at radius 2 is 1.84 bits per heavy atom. The number of aromatic nitrogens is 2. The van der Waals surface area contributed by atoms with E-state index < -0.39 is 57.0 Å². The lowest BCUT2D eigenvalue weighted by molar-refractivity contribution is -0.173. The molecule has 2 aromatic carbocycles. The van der Waals surface area contributed by atoms with E-state index in [9.17, 15) is 32.7 Å². The molecule has 298 valence electrons. The lowest BCUT2D eigenvalue weighted by atomic mass is 10.2. The van der Waals surface area contributed by atoms with Gasteiger partial charge in [0.25, 0.3) is 5.91 Å². The molecule has 2 heterocycles. The highest BCUT2D eigenvalue weighted by Gasteiger charge is 2.42. The quantitative estimate of drug-likeness (QED) is 0.0779. The fraction of sp³-hybridized carbons (Fsp3) is 0.459. The normalized spacial score (nSPS) is 17.2. The molecule has 3 aromatic rings. The number of carbonyl (C=O) groups is 2. The highest BCUT2D eigenvalue weighted by atomic mass is 32.2. The van der Waals surface area contributed by atoms with E-state index in [1.807, 2.05) is 0 Å². The highest BCUT2D eigenvalue weighted by Crippen LogP contribution is 2.39. The van der Waals surface area contributed by atoms with Gasteiger partial charge in [-0.3, -0.25) is 14.2 Å². The monoisotopic (exact) mass is 806 g/mol. The Morgan fingerprint density at radius 1 is 1.13 bits per heavy atom. The van der Waals surface area contributed by atoms with Gasteiger partial charge in [0, 0.05) is 41.6 Å². The lowest BCUT2D eigenvalue weighted by Gasteiger charge is -2.37. The predicted molar refractivity (Wildman–Crippen MR) is 203 cm³/mol. The number of nitrogens with zero attached hydrogens (tertiary/aromatic N) is 2. The summed E-state index contributed by atoms with van der Waals surface area (Å²) in [7, 11) is 0.724. The third-order valence-electron chi connectivity index (χ3n) is 9.17. The molecule has 1 aliphatic heterocycles. The van der Waals surface area contributed by atoms with Crippen LogP contribution in [0.2, 0.25) is 18.1 Å². The topological polar surface area (TPSA) is 159 Å². The van der Waals surface area contributed by atoms with Crippen molar-refractivity contribution in [1.82, 2.24) is 14.9 Å². The average Bonchev–Trinajstić information content (AvgIpc) is 3.53. The standard InChI is InChI=1S/C37H45F3N4O9SSi/c1-36(2,3)55(6,7)52-20-30-29(51-22-54-21-26-27(45)16-25(49-4)17-28(26)50-5)18-31(53-30)44-19-24(14-11-15-41-34(47)37(38,39)40)32(43-35(44)48)42-33(46)23-12-9-8-10-13-23/h8-10,12-13,16-17,19,29-31,45H,15,18,20-22H2,1-7H3,(H,41,47)(H,42,43,46,48)/t29?,30-,31-/m1/s1. The van der Waals surface area contributed by atoms with E-state index in [-0.39, 0.29) is 46.7 Å². The van der Waals surface area contributed by atoms with Crippen LogP contribution >= 0.6 is 11.8 Å². The summed E-state index contributed by atoms with van der Waals surface area (Å²) in [5.74, 6) is 3.43. The third-order valence-corrected chi connectivity index (χ3v) is 14.5. The van der Waals surface area contributed by atoms with Crippen LogP contribution < -0.4 is 25.8 Å². The van der Waals surface area contributed by atoms with E-state index in [4.69, 9.17) is 23.4 Å². The van der Waals surface area contributed by atoms with Gasteiger partial charge in [0.1, 0.15) is 29.6 Å². The van der Waals surface area contributed by atoms with Gasteiger partial charge in [-0.15, -0.1) is 11.8 Å². The first-order chi connectivity index (χ1) is 25.8. The molecular formula is C37H45F3N4O9SSi. The molecule has 0 radical (unpaired) electrons. The van der Waals surface area contributed by atoms with E-state index in [1.54, 1.807) is 41.7 Å². The number of hydrogen-bond acceptors (Lipinski definition) is 11. The van der Waals surface area contributed by atoms with Gasteiger partial charge in [0.05, 0.1) is 45.0 Å². The second-order valence-corrected chi connectivity index (χ2v) is 19.7. The number of thioether (sulfide) groups is 1. The van der Waals surface area contributed by atoms with Crippen molar-refractivity contribution in [1.29, 1.82) is 0 Å². The summed E-state index contributed by atoms with van der Waals surface area (Å²) >= 11 is 1.37. The summed E-state index contributed by atoms with van der Waals surface area (Å²) in [6.45, 7) is 9.98. The molecule has 4 rings (SSSR count). The van der Waals surface area contributed by atoms with Crippen LogP contribution in [0.5, 0.6) is 17.2 Å². The SMILES string of the molecule is COc1cc(O)c(CSCOC2C[C@H](n3cc(C#CCNC(=O)C(F)(F)F)c(NC(=O)c4ccccc4)nc3=O)O[C@@H]2CO[Si](C)(C)C(C)(C)C)c(OC)c1. The number of hydrogen-bond donors (Lipinski definition) is 3. The van der Waals surface area contributed by atoms with E-state index in [0.29, 0.717) is 22.8 Å². The largest absolute Gasteiger partial charge is 0.507 e. The zero-order valence-electron chi connectivity index (χ0n) is 31.5. The highest BCUT2D eigenvalue weighted by molar-refractivity contribution is 7.98. The number of benzene rings is 2. The summed E-state index contributed by atoms with van der Waals surface area (Å²) in [4.78, 5) is 41.9. The van der Waals surface area contributed by atoms with Crippen LogP contribution in [0.25, 0.3) is 0 Å². The zero-order chi connectivity index (χ0) is 40.6. The minimum absolute atomic E-state index is 0.00512. The second kappa shape index (κ2) is 18.4. The second-order valence-electron chi connectivity index (χ2n) is 13.9. The van der Waals surface area contributed by atoms with Gasteiger partial charge in [-0.2, -0.15) is 18.2 Å². The molecule has 0 bridgehead atoms. The molecule has 1 aliphatic rings. The first-order valence-corrected chi connectivity index (χ1v) is 21.2. The van der Waals surface area contributed by atoms with Crippen molar-refractivity contribution in [3.63, 3.8) is 0 Å². The molecule has 2 amide bonds. The molecule has 0 aliphatic carbocycles. The number of carbonyl (C=O) groups excluding carboxylic acids is 2. The van der Waals surface area contributed by atoms with Gasteiger partial charge < -0.3 is 39.1 Å². The Kier molecular flexibility index (Phi) is 14.4. The van der Waals surface area contributed by atoms with Crippen LogP contribution in [0.3, 0.4) is 0 Å². The van der Waals surface area contributed by atoms with Gasteiger partial charge in [0.2, 0.25) is 0 Å². The third kappa shape index (κ3) is 11.5. The number of phenolic OH excluding ortho intramolecular Hbond substituents is 1. The lowest BCUT2D eigenvalue weighted by Crippen LogP contribution is -2.44. The predicted octanol–water partition coefficient (Wildman–Crippen LogP) is 5.83. The van der Waals surface area contributed by atoms with Crippen molar-refractivity contribution < 1.29 is 51.2 Å². The zero-order valence-corrected chi connectivity index (χ0v) is 33.4. The van der Waals surface area contributed by atoms with Crippen molar-refractivity contribution >= 4 is 37.7 Å². The van der Waals surface area contributed by atoms with Crippen LogP contribution in [-0.2, 0) is 24.4 Å². The Balaban J connectivity index is 1.60. The molecule has 18 heteroatoms. The van der Waals surface area contributed by atoms with E-state index in [0.717, 1.165) is 0 Å². The van der Waals surface area contributed by atoms with Crippen molar-refractivity contribution in [3.8, 4) is 29.1 Å². The first kappa shape index (κ1) is 43.2. The van der Waals surface area contributed by atoms with E-state index >= 15 is 0 Å². The molecule has 0 spiro atoms. The van der Waals surface area contributed by atoms with Crippen LogP contribution in [0.1, 0.15) is 54.9 Å². The Labute approximate surface area is 322 Å². The summed E-state index contributed by atoms with van der Waals surface area (Å²) in [6, 6.07) is 11.2. The number of anilines is 1. The summed E-state index contributed by atoms with van der Waals surface area (Å²) in [6.07, 6.45) is -5.75. The molecule has 3 N–H and O–H groups in total. The maximum atomic E-state index is 13.5. The smallest absolute Gasteiger partial charge is 0.471 e. The molecule has 1 fully saturated rings. The van der Waals surface area contributed by atoms with Gasteiger partial charge in [0.15, 0.2) is 14.1 Å². The number of methoxy groups -OCH3 is 2.